The number of likely N-dealkylation sites (tertiary alicyclic amines) is 1. The average Bonchev–Trinajstić information content (AvgIpc) is 2.74. The molecule has 0 bridgehead atoms. The van der Waals surface area contributed by atoms with Crippen LogP contribution in [0.4, 0.5) is 0 Å². The number of hydrogen-bond donors (Lipinski definition) is 1. The summed E-state index contributed by atoms with van der Waals surface area (Å²) in [6.07, 6.45) is 1.51. The summed E-state index contributed by atoms with van der Waals surface area (Å²) in [6.45, 7) is 1.42. The van der Waals surface area contributed by atoms with E-state index in [-0.39, 0.29) is 36.4 Å². The molecule has 114 valence electrons. The Bertz CT molecular complexity index is 554. The van der Waals surface area contributed by atoms with E-state index in [1.54, 1.807) is 0 Å². The van der Waals surface area contributed by atoms with Gasteiger partial charge in [-0.15, -0.1) is 12.4 Å². The lowest BCUT2D eigenvalue weighted by Gasteiger charge is -2.39. The van der Waals surface area contributed by atoms with Crippen LogP contribution in [0.1, 0.15) is 28.8 Å². The van der Waals surface area contributed by atoms with E-state index < -0.39 is 0 Å². The molecule has 2 aliphatic heterocycles. The fourth-order valence-corrected chi connectivity index (χ4v) is 3.20. The number of nitrogens with zero attached hydrogens (tertiary/aromatic N) is 1. The highest BCUT2D eigenvalue weighted by molar-refractivity contribution is 6.00. The minimum absolute atomic E-state index is 0. The third kappa shape index (κ3) is 2.63. The molecule has 0 aliphatic carbocycles. The normalized spacial score (nSPS) is 18.9. The maximum absolute atomic E-state index is 12.0. The third-order valence-electron chi connectivity index (χ3n) is 4.28. The van der Waals surface area contributed by atoms with E-state index in [1.165, 1.54) is 7.11 Å². The Labute approximate surface area is 130 Å². The van der Waals surface area contributed by atoms with E-state index in [9.17, 15) is 9.59 Å². The first kappa shape index (κ1) is 15.8. The molecular weight excluding hydrogens is 292 g/mol. The third-order valence-corrected chi connectivity index (χ3v) is 4.28. The van der Waals surface area contributed by atoms with Crippen LogP contribution in [-0.2, 0) is 15.1 Å². The first-order valence-electron chi connectivity index (χ1n) is 6.85. The molecule has 3 rings (SSSR count). The Balaban J connectivity index is 0.00000161. The topological polar surface area (TPSA) is 58.6 Å². The number of benzene rings is 1. The minimum Gasteiger partial charge on any atom is -0.375 e. The van der Waals surface area contributed by atoms with E-state index in [4.69, 9.17) is 4.74 Å². The van der Waals surface area contributed by atoms with Crippen molar-refractivity contribution in [3.8, 4) is 0 Å². The molecule has 1 saturated heterocycles. The van der Waals surface area contributed by atoms with Crippen LogP contribution in [0.25, 0.3) is 0 Å². The summed E-state index contributed by atoms with van der Waals surface area (Å²) in [4.78, 5) is 25.7. The van der Waals surface area contributed by atoms with Crippen molar-refractivity contribution in [2.45, 2.75) is 18.4 Å². The zero-order valence-corrected chi connectivity index (χ0v) is 12.7. The van der Waals surface area contributed by atoms with Gasteiger partial charge in [0.25, 0.3) is 5.91 Å². The number of fused-ring (bicyclic) bond motifs is 2. The number of nitrogens with one attached hydrogen (secondary N) is 1. The van der Waals surface area contributed by atoms with Gasteiger partial charge in [0.15, 0.2) is 0 Å². The van der Waals surface area contributed by atoms with Crippen LogP contribution < -0.4 is 5.32 Å². The van der Waals surface area contributed by atoms with Crippen LogP contribution in [0, 0.1) is 0 Å². The highest BCUT2D eigenvalue weighted by atomic mass is 35.5. The molecule has 0 atom stereocenters. The molecular formula is C15H19ClN2O3. The van der Waals surface area contributed by atoms with Crippen molar-refractivity contribution >= 4 is 24.2 Å². The number of piperidine rings is 1. The summed E-state index contributed by atoms with van der Waals surface area (Å²) in [6, 6.07) is 7.72. The molecule has 21 heavy (non-hydrogen) atoms. The number of methoxy groups -OCH3 is 1. The van der Waals surface area contributed by atoms with Gasteiger partial charge in [-0.1, -0.05) is 18.2 Å². The van der Waals surface area contributed by atoms with E-state index >= 15 is 0 Å². The zero-order valence-electron chi connectivity index (χ0n) is 11.9. The fourth-order valence-electron chi connectivity index (χ4n) is 3.20. The fraction of sp³-hybridized carbons (Fsp3) is 0.467. The number of rotatable bonds is 2. The molecule has 1 N–H and O–H groups in total. The molecule has 1 aromatic rings. The summed E-state index contributed by atoms with van der Waals surface area (Å²) in [5.41, 5.74) is 1.55. The van der Waals surface area contributed by atoms with Crippen molar-refractivity contribution < 1.29 is 14.3 Å². The van der Waals surface area contributed by atoms with Gasteiger partial charge in [-0.3, -0.25) is 9.59 Å². The van der Waals surface area contributed by atoms with Crippen molar-refractivity contribution in [1.82, 2.24) is 10.2 Å². The van der Waals surface area contributed by atoms with E-state index in [0.29, 0.717) is 13.1 Å². The number of carbonyl (C=O) groups is 2. The number of halogens is 1. The van der Waals surface area contributed by atoms with Crippen molar-refractivity contribution in [2.75, 3.05) is 26.8 Å². The largest absolute Gasteiger partial charge is 0.375 e. The summed E-state index contributed by atoms with van der Waals surface area (Å²) in [7, 11) is 1.52. The van der Waals surface area contributed by atoms with Gasteiger partial charge in [0.1, 0.15) is 6.61 Å². The Morgan fingerprint density at radius 1 is 1.33 bits per heavy atom. The van der Waals surface area contributed by atoms with Crippen molar-refractivity contribution in [2.24, 2.45) is 0 Å². The molecule has 2 heterocycles. The first-order valence-corrected chi connectivity index (χ1v) is 6.85. The Hall–Kier alpha value is -1.59. The quantitative estimate of drug-likeness (QED) is 0.896. The van der Waals surface area contributed by atoms with Gasteiger partial charge >= 0.3 is 0 Å². The maximum Gasteiger partial charge on any atom is 0.252 e. The molecule has 1 aromatic carbocycles. The van der Waals surface area contributed by atoms with Gasteiger partial charge in [0.2, 0.25) is 5.91 Å². The molecule has 0 saturated carbocycles. The molecule has 0 unspecified atom stereocenters. The molecule has 2 aliphatic rings. The number of hydrogen-bond acceptors (Lipinski definition) is 3. The number of ether oxygens (including phenoxy) is 1. The van der Waals surface area contributed by atoms with Gasteiger partial charge in [0, 0.05) is 25.8 Å². The standard InChI is InChI=1S/C15H18N2O3.ClH/c1-20-10-13(18)17-8-6-15(7-9-17)12-5-3-2-4-11(12)14(19)16-15;/h2-5H,6-10H2,1H3,(H,16,19);1H. The molecule has 0 radical (unpaired) electrons. The van der Waals surface area contributed by atoms with E-state index in [2.05, 4.69) is 5.32 Å². The maximum atomic E-state index is 12.0. The van der Waals surface area contributed by atoms with Crippen LogP contribution in [-0.4, -0.2) is 43.5 Å². The van der Waals surface area contributed by atoms with Crippen LogP contribution in [0.5, 0.6) is 0 Å². The average molecular weight is 311 g/mol. The van der Waals surface area contributed by atoms with Gasteiger partial charge in [-0.05, 0) is 24.5 Å². The highest BCUT2D eigenvalue weighted by Crippen LogP contribution is 2.39. The lowest BCUT2D eigenvalue weighted by atomic mass is 9.82. The SMILES string of the molecule is COCC(=O)N1CCC2(CC1)NC(=O)c1ccccc12.Cl. The molecule has 1 fully saturated rings. The second-order valence-corrected chi connectivity index (χ2v) is 5.40. The minimum atomic E-state index is -0.294. The summed E-state index contributed by atoms with van der Waals surface area (Å²) >= 11 is 0. The first-order chi connectivity index (χ1) is 9.66. The monoisotopic (exact) mass is 310 g/mol. The van der Waals surface area contributed by atoms with Gasteiger partial charge in [-0.2, -0.15) is 0 Å². The van der Waals surface area contributed by atoms with Crippen molar-refractivity contribution in [3.63, 3.8) is 0 Å². The number of carbonyl (C=O) groups excluding carboxylic acids is 2. The van der Waals surface area contributed by atoms with Crippen LogP contribution in [0.3, 0.4) is 0 Å². The Morgan fingerprint density at radius 2 is 2.00 bits per heavy atom. The second-order valence-electron chi connectivity index (χ2n) is 5.40. The predicted octanol–water partition coefficient (Wildman–Crippen LogP) is 1.32. The summed E-state index contributed by atoms with van der Waals surface area (Å²) in [5.74, 6) is 0.0113. The van der Waals surface area contributed by atoms with Crippen molar-refractivity contribution in [1.29, 1.82) is 0 Å². The number of amides is 2. The van der Waals surface area contributed by atoms with Gasteiger partial charge < -0.3 is 15.0 Å². The summed E-state index contributed by atoms with van der Waals surface area (Å²) < 4.78 is 4.89. The van der Waals surface area contributed by atoms with Crippen LogP contribution >= 0.6 is 12.4 Å². The van der Waals surface area contributed by atoms with Crippen molar-refractivity contribution in [3.05, 3.63) is 35.4 Å². The highest BCUT2D eigenvalue weighted by Gasteiger charge is 2.44. The van der Waals surface area contributed by atoms with Crippen LogP contribution in [0.15, 0.2) is 24.3 Å². The summed E-state index contributed by atoms with van der Waals surface area (Å²) in [5, 5.41) is 3.12. The van der Waals surface area contributed by atoms with Crippen LogP contribution in [0.2, 0.25) is 0 Å². The predicted molar refractivity (Wildman–Crippen MR) is 80.5 cm³/mol. The Kier molecular flexibility index (Phi) is 4.54. The lowest BCUT2D eigenvalue weighted by molar-refractivity contribution is -0.136. The Morgan fingerprint density at radius 3 is 2.67 bits per heavy atom. The van der Waals surface area contributed by atoms with E-state index in [0.717, 1.165) is 24.0 Å². The van der Waals surface area contributed by atoms with E-state index in [1.807, 2.05) is 29.2 Å². The van der Waals surface area contributed by atoms with Gasteiger partial charge in [0.05, 0.1) is 5.54 Å². The lowest BCUT2D eigenvalue weighted by Crippen LogP contribution is -2.51. The second kappa shape index (κ2) is 6.03. The zero-order chi connectivity index (χ0) is 14.2. The smallest absolute Gasteiger partial charge is 0.252 e. The molecule has 1 spiro atoms. The molecule has 5 nitrogen and oxygen atoms in total. The van der Waals surface area contributed by atoms with Gasteiger partial charge in [-0.25, -0.2) is 0 Å². The molecule has 6 heteroatoms. The molecule has 2 amide bonds. The molecule has 0 aromatic heterocycles.